The summed E-state index contributed by atoms with van der Waals surface area (Å²) >= 11 is 6.69. The number of nitrogens with two attached hydrogens (primary N) is 1. The highest BCUT2D eigenvalue weighted by Gasteiger charge is 2.44. The molecule has 2 fully saturated rings. The van der Waals surface area contributed by atoms with Gasteiger partial charge in [-0.3, -0.25) is 9.48 Å². The molecular weight excluding hydrogens is 400 g/mol. The highest BCUT2D eigenvalue weighted by Crippen LogP contribution is 2.44. The summed E-state index contributed by atoms with van der Waals surface area (Å²) in [6.45, 7) is 5.18. The standard InChI is InChI=1S/C22H25ClN6O/c1-2-29-17-11-14(3-4-15(17)12-27-29)16-13-26-20(24)18(23)19(16)28-9-6-22(7-10-28)5-8-25-21(22)30/h3-4,11-13H,2,5-10H2,1H3,(H2,24,26)(H,25,30). The first kappa shape index (κ1) is 19.2. The summed E-state index contributed by atoms with van der Waals surface area (Å²) in [5, 5.41) is 9.02. The number of piperidine rings is 1. The van der Waals surface area contributed by atoms with Gasteiger partial charge in [0.15, 0.2) is 0 Å². The fourth-order valence-electron chi connectivity index (χ4n) is 4.85. The lowest BCUT2D eigenvalue weighted by Crippen LogP contribution is -2.44. The lowest BCUT2D eigenvalue weighted by molar-refractivity contribution is -0.128. The van der Waals surface area contributed by atoms with Crippen molar-refractivity contribution in [1.82, 2.24) is 20.1 Å². The molecule has 0 saturated carbocycles. The average molecular weight is 425 g/mol. The molecule has 2 saturated heterocycles. The van der Waals surface area contributed by atoms with Crippen LogP contribution in [-0.4, -0.2) is 40.3 Å². The molecule has 0 radical (unpaired) electrons. The second-order valence-corrected chi connectivity index (χ2v) is 8.60. The van der Waals surface area contributed by atoms with Gasteiger partial charge in [-0.2, -0.15) is 5.10 Å². The minimum Gasteiger partial charge on any atom is -0.382 e. The molecule has 0 aliphatic carbocycles. The smallest absolute Gasteiger partial charge is 0.226 e. The predicted octanol–water partition coefficient (Wildman–Crippen LogP) is 3.46. The van der Waals surface area contributed by atoms with E-state index < -0.39 is 0 Å². The van der Waals surface area contributed by atoms with Gasteiger partial charge in [-0.25, -0.2) is 4.98 Å². The molecule has 1 spiro atoms. The van der Waals surface area contributed by atoms with Gasteiger partial charge in [-0.15, -0.1) is 0 Å². The third kappa shape index (κ3) is 2.91. The molecule has 8 heteroatoms. The van der Waals surface area contributed by atoms with E-state index in [4.69, 9.17) is 17.3 Å². The van der Waals surface area contributed by atoms with Crippen LogP contribution in [0.4, 0.5) is 11.5 Å². The van der Waals surface area contributed by atoms with Crippen molar-refractivity contribution in [1.29, 1.82) is 0 Å². The summed E-state index contributed by atoms with van der Waals surface area (Å²) in [6.07, 6.45) is 6.23. The Morgan fingerprint density at radius 1 is 1.23 bits per heavy atom. The highest BCUT2D eigenvalue weighted by molar-refractivity contribution is 6.36. The van der Waals surface area contributed by atoms with E-state index >= 15 is 0 Å². The summed E-state index contributed by atoms with van der Waals surface area (Å²) in [5.41, 5.74) is 9.82. The van der Waals surface area contributed by atoms with Crippen molar-refractivity contribution in [2.45, 2.75) is 32.7 Å². The third-order valence-corrected chi connectivity index (χ3v) is 7.06. The number of carbonyl (C=O) groups is 1. The number of nitrogens with one attached hydrogen (secondary N) is 1. The number of aryl methyl sites for hydroxylation is 1. The number of fused-ring (bicyclic) bond motifs is 1. The molecule has 7 nitrogen and oxygen atoms in total. The summed E-state index contributed by atoms with van der Waals surface area (Å²) in [7, 11) is 0. The van der Waals surface area contributed by atoms with Gasteiger partial charge in [0.25, 0.3) is 0 Å². The molecule has 0 unspecified atom stereocenters. The van der Waals surface area contributed by atoms with Crippen LogP contribution < -0.4 is 16.0 Å². The van der Waals surface area contributed by atoms with Crippen molar-refractivity contribution < 1.29 is 4.79 Å². The Hall–Kier alpha value is -2.80. The summed E-state index contributed by atoms with van der Waals surface area (Å²) in [5.74, 6) is 0.523. The van der Waals surface area contributed by atoms with E-state index in [2.05, 4.69) is 45.4 Å². The van der Waals surface area contributed by atoms with Crippen LogP contribution in [0.3, 0.4) is 0 Å². The molecule has 2 aliphatic heterocycles. The number of amides is 1. The number of hydrogen-bond donors (Lipinski definition) is 2. The van der Waals surface area contributed by atoms with E-state index in [9.17, 15) is 4.79 Å². The average Bonchev–Trinajstić information content (AvgIpc) is 3.33. The maximum absolute atomic E-state index is 12.4. The Balaban J connectivity index is 1.55. The zero-order chi connectivity index (χ0) is 20.9. The van der Waals surface area contributed by atoms with Crippen molar-refractivity contribution in [2.75, 3.05) is 30.3 Å². The van der Waals surface area contributed by atoms with Gasteiger partial charge in [0, 0.05) is 43.3 Å². The Bertz CT molecular complexity index is 1130. The first-order chi connectivity index (χ1) is 14.5. The molecule has 2 aliphatic rings. The van der Waals surface area contributed by atoms with Crippen LogP contribution in [0, 0.1) is 5.41 Å². The number of pyridine rings is 1. The van der Waals surface area contributed by atoms with Crippen molar-refractivity contribution in [3.05, 3.63) is 35.6 Å². The van der Waals surface area contributed by atoms with Crippen LogP contribution in [0.1, 0.15) is 26.2 Å². The highest BCUT2D eigenvalue weighted by atomic mass is 35.5. The molecule has 1 amide bonds. The lowest BCUT2D eigenvalue weighted by atomic mass is 9.77. The first-order valence-electron chi connectivity index (χ1n) is 10.5. The second-order valence-electron chi connectivity index (χ2n) is 8.23. The number of benzene rings is 1. The topological polar surface area (TPSA) is 89.1 Å². The number of halogens is 1. The molecule has 4 heterocycles. The number of rotatable bonds is 3. The van der Waals surface area contributed by atoms with Gasteiger partial charge in [0.2, 0.25) is 5.91 Å². The molecule has 30 heavy (non-hydrogen) atoms. The Labute approximate surface area is 180 Å². The summed E-state index contributed by atoms with van der Waals surface area (Å²) in [4.78, 5) is 19.0. The lowest BCUT2D eigenvalue weighted by Gasteiger charge is -2.39. The fourth-order valence-corrected chi connectivity index (χ4v) is 5.12. The third-order valence-electron chi connectivity index (χ3n) is 6.68. The molecule has 1 aromatic carbocycles. The van der Waals surface area contributed by atoms with Crippen LogP contribution in [0.2, 0.25) is 5.02 Å². The van der Waals surface area contributed by atoms with Gasteiger partial charge in [-0.05, 0) is 37.8 Å². The van der Waals surface area contributed by atoms with E-state index in [1.165, 1.54) is 0 Å². The molecule has 0 bridgehead atoms. The largest absolute Gasteiger partial charge is 0.382 e. The number of carbonyl (C=O) groups excluding carboxylic acids is 1. The molecule has 3 aromatic rings. The number of nitrogen functional groups attached to an aromatic ring is 1. The maximum Gasteiger partial charge on any atom is 0.226 e. The fraction of sp³-hybridized carbons (Fsp3) is 0.409. The zero-order valence-corrected chi connectivity index (χ0v) is 17.7. The molecule has 5 rings (SSSR count). The van der Waals surface area contributed by atoms with Gasteiger partial charge >= 0.3 is 0 Å². The number of aromatic nitrogens is 3. The van der Waals surface area contributed by atoms with Crippen LogP contribution in [0.5, 0.6) is 0 Å². The first-order valence-corrected chi connectivity index (χ1v) is 10.8. The summed E-state index contributed by atoms with van der Waals surface area (Å²) < 4.78 is 1.98. The monoisotopic (exact) mass is 424 g/mol. The molecule has 0 atom stereocenters. The minimum absolute atomic E-state index is 0.195. The Morgan fingerprint density at radius 2 is 2.03 bits per heavy atom. The number of nitrogens with zero attached hydrogens (tertiary/aromatic N) is 4. The second kappa shape index (κ2) is 7.16. The van der Waals surface area contributed by atoms with E-state index in [0.29, 0.717) is 10.8 Å². The molecular formula is C22H25ClN6O. The van der Waals surface area contributed by atoms with Crippen molar-refractivity contribution in [2.24, 2.45) is 5.41 Å². The van der Waals surface area contributed by atoms with Crippen LogP contribution in [0.15, 0.2) is 30.6 Å². The van der Waals surface area contributed by atoms with E-state index in [-0.39, 0.29) is 11.3 Å². The Kier molecular flexibility index (Phi) is 4.58. The van der Waals surface area contributed by atoms with Crippen molar-refractivity contribution in [3.63, 3.8) is 0 Å². The zero-order valence-electron chi connectivity index (χ0n) is 17.0. The van der Waals surface area contributed by atoms with Crippen molar-refractivity contribution in [3.8, 4) is 11.1 Å². The normalized spacial score (nSPS) is 18.3. The molecule has 2 aromatic heterocycles. The van der Waals surface area contributed by atoms with E-state index in [1.54, 1.807) is 6.20 Å². The maximum atomic E-state index is 12.4. The van der Waals surface area contributed by atoms with Gasteiger partial charge in [0.1, 0.15) is 10.8 Å². The van der Waals surface area contributed by atoms with E-state index in [1.807, 2.05) is 10.9 Å². The van der Waals surface area contributed by atoms with Gasteiger partial charge in [-0.1, -0.05) is 23.7 Å². The quantitative estimate of drug-likeness (QED) is 0.672. The number of anilines is 2. The summed E-state index contributed by atoms with van der Waals surface area (Å²) in [6, 6.07) is 6.29. The Morgan fingerprint density at radius 3 is 2.73 bits per heavy atom. The minimum atomic E-state index is -0.228. The number of hydrogen-bond acceptors (Lipinski definition) is 5. The van der Waals surface area contributed by atoms with Crippen molar-refractivity contribution >= 4 is 39.9 Å². The van der Waals surface area contributed by atoms with Crippen LogP contribution in [0.25, 0.3) is 22.0 Å². The molecule has 156 valence electrons. The van der Waals surface area contributed by atoms with Gasteiger partial charge < -0.3 is 16.0 Å². The van der Waals surface area contributed by atoms with Crippen LogP contribution >= 0.6 is 11.6 Å². The van der Waals surface area contributed by atoms with Gasteiger partial charge in [0.05, 0.1) is 22.8 Å². The van der Waals surface area contributed by atoms with E-state index in [0.717, 1.165) is 73.2 Å². The predicted molar refractivity (Wildman–Crippen MR) is 120 cm³/mol. The molecule has 3 N–H and O–H groups in total. The SMILES string of the molecule is CCn1ncc2ccc(-c3cnc(N)c(Cl)c3N3CCC4(CCNC4=O)CC3)cc21. The van der Waals surface area contributed by atoms with Crippen LogP contribution in [-0.2, 0) is 11.3 Å².